The first-order chi connectivity index (χ1) is 8.97. The molecule has 2 nitrogen and oxygen atoms in total. The Kier molecular flexibility index (Phi) is 4.91. The molecule has 1 aliphatic rings. The first-order valence-corrected chi connectivity index (χ1v) is 8.03. The van der Waals surface area contributed by atoms with Crippen LogP contribution in [0.3, 0.4) is 0 Å². The highest BCUT2D eigenvalue weighted by Crippen LogP contribution is 2.31. The average molecular weight is 325 g/mol. The molecule has 0 amide bonds. The van der Waals surface area contributed by atoms with E-state index in [1.807, 2.05) is 0 Å². The third-order valence-corrected chi connectivity index (χ3v) is 4.56. The van der Waals surface area contributed by atoms with Crippen LogP contribution in [0.4, 0.5) is 5.69 Å². The Labute approximate surface area is 125 Å². The molecule has 1 heterocycles. The second-order valence-electron chi connectivity index (χ2n) is 6.17. The normalized spacial score (nSPS) is 23.4. The molecule has 2 unspecified atom stereocenters. The summed E-state index contributed by atoms with van der Waals surface area (Å²) in [6.07, 6.45) is 0. The van der Waals surface area contributed by atoms with Crippen molar-refractivity contribution in [3.63, 3.8) is 0 Å². The van der Waals surface area contributed by atoms with Crippen molar-refractivity contribution in [1.29, 1.82) is 0 Å². The van der Waals surface area contributed by atoms with E-state index < -0.39 is 0 Å². The minimum absolute atomic E-state index is 0.517. The standard InChI is InChI=1S/C16H25BrN2/c1-11(2)18-8-14-7-15(17)5-6-16(14)19-9-12(3)13(4)10-19/h5-7,11-13,18H,8-10H2,1-4H3. The lowest BCUT2D eigenvalue weighted by Crippen LogP contribution is -2.25. The fourth-order valence-electron chi connectivity index (χ4n) is 2.64. The maximum atomic E-state index is 3.59. The van der Waals surface area contributed by atoms with Gasteiger partial charge in [0.05, 0.1) is 0 Å². The summed E-state index contributed by atoms with van der Waals surface area (Å²) >= 11 is 3.59. The Bertz CT molecular complexity index is 421. The van der Waals surface area contributed by atoms with Gasteiger partial charge in [-0.05, 0) is 35.6 Å². The fraction of sp³-hybridized carbons (Fsp3) is 0.625. The Hall–Kier alpha value is -0.540. The van der Waals surface area contributed by atoms with E-state index in [9.17, 15) is 0 Å². The quantitative estimate of drug-likeness (QED) is 0.899. The van der Waals surface area contributed by atoms with Gasteiger partial charge in [0, 0.05) is 35.8 Å². The Morgan fingerprint density at radius 2 is 1.89 bits per heavy atom. The van der Waals surface area contributed by atoms with E-state index in [1.54, 1.807) is 0 Å². The average Bonchev–Trinajstić information content (AvgIpc) is 2.67. The van der Waals surface area contributed by atoms with E-state index in [1.165, 1.54) is 24.3 Å². The van der Waals surface area contributed by atoms with Gasteiger partial charge >= 0.3 is 0 Å². The largest absolute Gasteiger partial charge is 0.371 e. The van der Waals surface area contributed by atoms with Crippen LogP contribution in [0.1, 0.15) is 33.3 Å². The minimum Gasteiger partial charge on any atom is -0.371 e. The summed E-state index contributed by atoms with van der Waals surface area (Å²) in [5, 5.41) is 3.53. The number of anilines is 1. The first kappa shape index (κ1) is 14.9. The van der Waals surface area contributed by atoms with E-state index in [0.717, 1.165) is 22.9 Å². The molecule has 1 aromatic rings. The van der Waals surface area contributed by atoms with Gasteiger partial charge in [-0.15, -0.1) is 0 Å². The van der Waals surface area contributed by atoms with Crippen molar-refractivity contribution in [3.05, 3.63) is 28.2 Å². The number of hydrogen-bond acceptors (Lipinski definition) is 2. The molecule has 2 atom stereocenters. The topological polar surface area (TPSA) is 15.3 Å². The van der Waals surface area contributed by atoms with E-state index in [2.05, 4.69) is 72.0 Å². The van der Waals surface area contributed by atoms with Crippen LogP contribution in [0.2, 0.25) is 0 Å². The summed E-state index contributed by atoms with van der Waals surface area (Å²) in [5.41, 5.74) is 2.79. The lowest BCUT2D eigenvalue weighted by Gasteiger charge is -2.23. The second kappa shape index (κ2) is 6.27. The van der Waals surface area contributed by atoms with Crippen LogP contribution in [0, 0.1) is 11.8 Å². The molecule has 1 aliphatic heterocycles. The Morgan fingerprint density at radius 3 is 2.47 bits per heavy atom. The summed E-state index contributed by atoms with van der Waals surface area (Å²) < 4.78 is 1.16. The molecule has 1 N–H and O–H groups in total. The maximum absolute atomic E-state index is 3.59. The molecular weight excluding hydrogens is 300 g/mol. The van der Waals surface area contributed by atoms with Crippen molar-refractivity contribution in [2.24, 2.45) is 11.8 Å². The van der Waals surface area contributed by atoms with E-state index >= 15 is 0 Å². The van der Waals surface area contributed by atoms with Gasteiger partial charge in [0.25, 0.3) is 0 Å². The zero-order chi connectivity index (χ0) is 14.0. The highest BCUT2D eigenvalue weighted by Gasteiger charge is 2.27. The Balaban J connectivity index is 2.19. The van der Waals surface area contributed by atoms with Gasteiger partial charge in [-0.3, -0.25) is 0 Å². The summed E-state index contributed by atoms with van der Waals surface area (Å²) in [6.45, 7) is 12.4. The van der Waals surface area contributed by atoms with Crippen LogP contribution in [0.15, 0.2) is 22.7 Å². The van der Waals surface area contributed by atoms with Crippen molar-refractivity contribution in [2.45, 2.75) is 40.3 Å². The molecule has 1 aromatic carbocycles. The number of nitrogens with one attached hydrogen (secondary N) is 1. The molecule has 0 aromatic heterocycles. The molecule has 0 radical (unpaired) electrons. The summed E-state index contributed by atoms with van der Waals surface area (Å²) in [7, 11) is 0. The molecule has 1 saturated heterocycles. The zero-order valence-electron chi connectivity index (χ0n) is 12.4. The summed E-state index contributed by atoms with van der Waals surface area (Å²) in [4.78, 5) is 2.54. The van der Waals surface area contributed by atoms with E-state index in [4.69, 9.17) is 0 Å². The molecule has 1 fully saturated rings. The predicted octanol–water partition coefficient (Wildman–Crippen LogP) is 4.04. The van der Waals surface area contributed by atoms with Crippen LogP contribution >= 0.6 is 15.9 Å². The number of rotatable bonds is 4. The predicted molar refractivity (Wildman–Crippen MR) is 86.7 cm³/mol. The molecule has 3 heteroatoms. The Morgan fingerprint density at radius 1 is 1.26 bits per heavy atom. The molecule has 0 saturated carbocycles. The molecule has 0 aliphatic carbocycles. The highest BCUT2D eigenvalue weighted by molar-refractivity contribution is 9.10. The van der Waals surface area contributed by atoms with Gasteiger partial charge in [0.15, 0.2) is 0 Å². The van der Waals surface area contributed by atoms with Gasteiger partial charge in [0.2, 0.25) is 0 Å². The SMILES string of the molecule is CC(C)NCc1cc(Br)ccc1N1CC(C)C(C)C1. The number of nitrogens with zero attached hydrogens (tertiary/aromatic N) is 1. The monoisotopic (exact) mass is 324 g/mol. The zero-order valence-corrected chi connectivity index (χ0v) is 14.0. The smallest absolute Gasteiger partial charge is 0.0412 e. The highest BCUT2D eigenvalue weighted by atomic mass is 79.9. The second-order valence-corrected chi connectivity index (χ2v) is 7.08. The summed E-state index contributed by atoms with van der Waals surface area (Å²) in [5.74, 6) is 1.57. The molecule has 0 spiro atoms. The first-order valence-electron chi connectivity index (χ1n) is 7.24. The minimum atomic E-state index is 0.517. The molecule has 19 heavy (non-hydrogen) atoms. The van der Waals surface area contributed by atoms with Gasteiger partial charge in [-0.2, -0.15) is 0 Å². The van der Waals surface area contributed by atoms with Crippen LogP contribution < -0.4 is 10.2 Å². The van der Waals surface area contributed by atoms with Crippen molar-refractivity contribution in [3.8, 4) is 0 Å². The molecule has 0 bridgehead atoms. The van der Waals surface area contributed by atoms with Crippen molar-refractivity contribution in [1.82, 2.24) is 5.32 Å². The lowest BCUT2D eigenvalue weighted by molar-refractivity contribution is 0.494. The molecular formula is C16H25BrN2. The lowest BCUT2D eigenvalue weighted by atomic mass is 10.0. The van der Waals surface area contributed by atoms with Gasteiger partial charge in [0.1, 0.15) is 0 Å². The summed E-state index contributed by atoms with van der Waals surface area (Å²) in [6, 6.07) is 7.18. The van der Waals surface area contributed by atoms with Crippen molar-refractivity contribution < 1.29 is 0 Å². The number of hydrogen-bond donors (Lipinski definition) is 1. The van der Waals surface area contributed by atoms with Crippen LogP contribution in [0.25, 0.3) is 0 Å². The van der Waals surface area contributed by atoms with Crippen LogP contribution in [0.5, 0.6) is 0 Å². The molecule has 2 rings (SSSR count). The van der Waals surface area contributed by atoms with Crippen LogP contribution in [-0.2, 0) is 6.54 Å². The van der Waals surface area contributed by atoms with Crippen LogP contribution in [-0.4, -0.2) is 19.1 Å². The third kappa shape index (κ3) is 3.73. The van der Waals surface area contributed by atoms with E-state index in [0.29, 0.717) is 6.04 Å². The van der Waals surface area contributed by atoms with Crippen molar-refractivity contribution in [2.75, 3.05) is 18.0 Å². The van der Waals surface area contributed by atoms with Gasteiger partial charge < -0.3 is 10.2 Å². The fourth-order valence-corrected chi connectivity index (χ4v) is 3.05. The number of halogens is 1. The van der Waals surface area contributed by atoms with Crippen molar-refractivity contribution >= 4 is 21.6 Å². The maximum Gasteiger partial charge on any atom is 0.0412 e. The van der Waals surface area contributed by atoms with Gasteiger partial charge in [-0.1, -0.05) is 43.6 Å². The molecule has 106 valence electrons. The van der Waals surface area contributed by atoms with E-state index in [-0.39, 0.29) is 0 Å². The number of benzene rings is 1. The third-order valence-electron chi connectivity index (χ3n) is 4.07. The van der Waals surface area contributed by atoms with Gasteiger partial charge in [-0.25, -0.2) is 0 Å².